The lowest BCUT2D eigenvalue weighted by Gasteiger charge is -2.40. The first-order chi connectivity index (χ1) is 12.9. The van der Waals surface area contributed by atoms with E-state index in [1.165, 1.54) is 7.11 Å². The first-order valence-corrected chi connectivity index (χ1v) is 9.48. The molecule has 0 aromatic heterocycles. The lowest BCUT2D eigenvalue weighted by atomic mass is 9.66. The van der Waals surface area contributed by atoms with Crippen LogP contribution in [0.3, 0.4) is 0 Å². The molecule has 1 fully saturated rings. The van der Waals surface area contributed by atoms with Gasteiger partial charge in [0.25, 0.3) is 5.91 Å². The minimum Gasteiger partial charge on any atom is -0.469 e. The maximum Gasteiger partial charge on any atom is 0.312 e. The first kappa shape index (κ1) is 18.3. The average molecular weight is 409 g/mol. The third-order valence-corrected chi connectivity index (χ3v) is 5.89. The lowest BCUT2D eigenvalue weighted by Crippen LogP contribution is -2.60. The molecule has 4 atom stereocenters. The second kappa shape index (κ2) is 6.84. The molecule has 0 bridgehead atoms. The molecule has 0 spiro atoms. The molecule has 1 N–H and O–H groups in total. The van der Waals surface area contributed by atoms with Crippen LogP contribution in [0.25, 0.3) is 0 Å². The number of carbonyl (C=O) groups is 2. The molecule has 142 valence electrons. The van der Waals surface area contributed by atoms with Gasteiger partial charge in [-0.05, 0) is 31.0 Å². The molecule has 1 aromatic carbocycles. The van der Waals surface area contributed by atoms with Crippen molar-refractivity contribution in [2.45, 2.75) is 30.9 Å². The second-order valence-electron chi connectivity index (χ2n) is 7.04. The van der Waals surface area contributed by atoms with Crippen molar-refractivity contribution >= 4 is 40.8 Å². The zero-order valence-electron chi connectivity index (χ0n) is 14.6. The molecule has 0 saturated heterocycles. The minimum atomic E-state index is -0.999. The van der Waals surface area contributed by atoms with Gasteiger partial charge in [-0.3, -0.25) is 9.59 Å². The van der Waals surface area contributed by atoms with Gasteiger partial charge in [-0.2, -0.15) is 0 Å². The van der Waals surface area contributed by atoms with E-state index in [-0.39, 0.29) is 29.8 Å². The number of rotatable bonds is 4. The molecule has 2 aliphatic carbocycles. The average Bonchev–Trinajstić information content (AvgIpc) is 3.16. The summed E-state index contributed by atoms with van der Waals surface area (Å²) in [5, 5.41) is 8.16. The zero-order valence-corrected chi connectivity index (χ0v) is 16.1. The molecule has 1 aromatic rings. The largest absolute Gasteiger partial charge is 0.469 e. The van der Waals surface area contributed by atoms with Crippen LogP contribution in [0, 0.1) is 11.8 Å². The Labute approximate surface area is 166 Å². The van der Waals surface area contributed by atoms with Crippen LogP contribution in [-0.4, -0.2) is 36.3 Å². The van der Waals surface area contributed by atoms with E-state index < -0.39 is 5.60 Å². The fourth-order valence-corrected chi connectivity index (χ4v) is 4.43. The quantitative estimate of drug-likeness (QED) is 0.613. The van der Waals surface area contributed by atoms with E-state index in [9.17, 15) is 9.59 Å². The number of fused-ring (bicyclic) bond motifs is 1. The van der Waals surface area contributed by atoms with Crippen LogP contribution in [0.15, 0.2) is 35.5 Å². The van der Waals surface area contributed by atoms with Crippen LogP contribution in [0.5, 0.6) is 0 Å². The number of esters is 1. The fraction of sp³-hybridized carbons (Fsp3) is 0.421. The Balaban J connectivity index is 1.45. The summed E-state index contributed by atoms with van der Waals surface area (Å²) in [6, 6.07) is 4.95. The Bertz CT molecular complexity index is 849. The van der Waals surface area contributed by atoms with Gasteiger partial charge in [-0.25, -0.2) is 0 Å². The number of amides is 1. The maximum atomic E-state index is 12.9. The van der Waals surface area contributed by atoms with E-state index in [0.717, 1.165) is 12.0 Å². The van der Waals surface area contributed by atoms with E-state index >= 15 is 0 Å². The predicted molar refractivity (Wildman–Crippen MR) is 101 cm³/mol. The maximum absolute atomic E-state index is 12.9. The summed E-state index contributed by atoms with van der Waals surface area (Å²) >= 11 is 12.2. The van der Waals surface area contributed by atoms with Crippen molar-refractivity contribution in [2.24, 2.45) is 17.0 Å². The van der Waals surface area contributed by atoms with Crippen LogP contribution in [0.2, 0.25) is 10.0 Å². The summed E-state index contributed by atoms with van der Waals surface area (Å²) < 4.78 is 4.75. The number of nitrogens with zero attached hydrogens (tertiary/aromatic N) is 1. The number of hydrogen-bond donors (Lipinski definition) is 1. The van der Waals surface area contributed by atoms with E-state index in [2.05, 4.69) is 10.5 Å². The Hall–Kier alpha value is -2.05. The number of benzene rings is 1. The summed E-state index contributed by atoms with van der Waals surface area (Å²) in [6.07, 6.45) is 5.44. The van der Waals surface area contributed by atoms with Crippen LogP contribution >= 0.6 is 23.2 Å². The molecule has 2 unspecified atom stereocenters. The Morgan fingerprint density at radius 2 is 2.00 bits per heavy atom. The summed E-state index contributed by atoms with van der Waals surface area (Å²) in [7, 11) is 1.35. The van der Waals surface area contributed by atoms with Crippen LogP contribution in [0.4, 0.5) is 0 Å². The third-order valence-electron chi connectivity index (χ3n) is 5.45. The highest BCUT2D eigenvalue weighted by Gasteiger charge is 2.61. The molecule has 6 nitrogen and oxygen atoms in total. The van der Waals surface area contributed by atoms with Gasteiger partial charge in [0.1, 0.15) is 0 Å². The summed E-state index contributed by atoms with van der Waals surface area (Å²) in [4.78, 5) is 30.2. The van der Waals surface area contributed by atoms with Crippen LogP contribution < -0.4 is 5.32 Å². The Morgan fingerprint density at radius 1 is 1.26 bits per heavy atom. The van der Waals surface area contributed by atoms with Crippen LogP contribution in [-0.2, 0) is 19.2 Å². The molecule has 8 heteroatoms. The topological polar surface area (TPSA) is 77.0 Å². The highest BCUT2D eigenvalue weighted by molar-refractivity contribution is 6.35. The number of hydrogen-bond acceptors (Lipinski definition) is 5. The van der Waals surface area contributed by atoms with Crippen molar-refractivity contribution < 1.29 is 19.2 Å². The summed E-state index contributed by atoms with van der Waals surface area (Å²) in [5.74, 6) is -0.997. The third kappa shape index (κ3) is 3.11. The standard InChI is InChI=1S/C19H18Cl2N2O4/c1-26-17(24)10-2-3-14(8-10)22-18(25)19-5-4-15(19)16(23-27-19)11-6-12(20)9-13(21)7-11/h2-3,6-7,9-10,14-15H,4-5,8H2,1H3,(H,22,25)/t10-,14+,15?,19?/m1/s1. The van der Waals surface area contributed by atoms with Gasteiger partial charge in [0.05, 0.1) is 24.7 Å². The van der Waals surface area contributed by atoms with Crippen molar-refractivity contribution in [3.63, 3.8) is 0 Å². The van der Waals surface area contributed by atoms with Gasteiger partial charge >= 0.3 is 5.97 Å². The molecule has 1 aliphatic heterocycles. The highest BCUT2D eigenvalue weighted by atomic mass is 35.5. The minimum absolute atomic E-state index is 0.145. The molecular weight excluding hydrogens is 391 g/mol. The summed E-state index contributed by atoms with van der Waals surface area (Å²) in [5.41, 5.74) is 0.454. The molecule has 3 aliphatic rings. The first-order valence-electron chi connectivity index (χ1n) is 8.72. The number of carbonyl (C=O) groups excluding carboxylic acids is 2. The molecule has 4 rings (SSSR count). The fourth-order valence-electron chi connectivity index (χ4n) is 3.90. The van der Waals surface area contributed by atoms with E-state index in [4.69, 9.17) is 32.8 Å². The van der Waals surface area contributed by atoms with Gasteiger partial charge in [0, 0.05) is 28.1 Å². The van der Waals surface area contributed by atoms with Gasteiger partial charge in [0.2, 0.25) is 5.60 Å². The van der Waals surface area contributed by atoms with Crippen LogP contribution in [0.1, 0.15) is 24.8 Å². The van der Waals surface area contributed by atoms with Gasteiger partial charge < -0.3 is 14.9 Å². The smallest absolute Gasteiger partial charge is 0.312 e. The van der Waals surface area contributed by atoms with E-state index in [1.807, 2.05) is 6.08 Å². The predicted octanol–water partition coefficient (Wildman–Crippen LogP) is 3.11. The Morgan fingerprint density at radius 3 is 2.63 bits per heavy atom. The zero-order chi connectivity index (χ0) is 19.2. The van der Waals surface area contributed by atoms with Gasteiger partial charge in [-0.15, -0.1) is 0 Å². The Kier molecular flexibility index (Phi) is 4.64. The molecule has 27 heavy (non-hydrogen) atoms. The van der Waals surface area contributed by atoms with Crippen molar-refractivity contribution in [3.8, 4) is 0 Å². The number of ether oxygens (including phenoxy) is 1. The van der Waals surface area contributed by atoms with Crippen molar-refractivity contribution in [3.05, 3.63) is 46.0 Å². The molecule has 1 amide bonds. The summed E-state index contributed by atoms with van der Waals surface area (Å²) in [6.45, 7) is 0. The SMILES string of the molecule is COC(=O)[C@@H]1C=C[C@H](NC(=O)C23CCC2C(c2cc(Cl)cc(Cl)c2)=NO3)C1. The lowest BCUT2D eigenvalue weighted by molar-refractivity contribution is -0.161. The number of halogens is 2. The molecular formula is C19H18Cl2N2O4. The number of methoxy groups -OCH3 is 1. The van der Waals surface area contributed by atoms with E-state index in [0.29, 0.717) is 28.6 Å². The second-order valence-corrected chi connectivity index (χ2v) is 7.91. The van der Waals surface area contributed by atoms with Crippen molar-refractivity contribution in [1.29, 1.82) is 0 Å². The number of oxime groups is 1. The van der Waals surface area contributed by atoms with Crippen molar-refractivity contribution in [1.82, 2.24) is 5.32 Å². The van der Waals surface area contributed by atoms with E-state index in [1.54, 1.807) is 24.3 Å². The molecule has 0 radical (unpaired) electrons. The van der Waals surface area contributed by atoms with Gasteiger partial charge in [-0.1, -0.05) is 40.5 Å². The number of nitrogens with one attached hydrogen (secondary N) is 1. The highest BCUT2D eigenvalue weighted by Crippen LogP contribution is 2.49. The molecule has 1 heterocycles. The normalized spacial score (nSPS) is 30.8. The molecule has 1 saturated carbocycles. The monoisotopic (exact) mass is 408 g/mol. The van der Waals surface area contributed by atoms with Crippen molar-refractivity contribution in [2.75, 3.05) is 7.11 Å². The van der Waals surface area contributed by atoms with Gasteiger partial charge in [0.15, 0.2) is 0 Å².